The van der Waals surface area contributed by atoms with E-state index in [1.54, 1.807) is 47.6 Å². The third-order valence-electron chi connectivity index (χ3n) is 2.38. The third kappa shape index (κ3) is 7.53. The monoisotopic (exact) mass is 359 g/mol. The molecule has 1 rings (SSSR count). The van der Waals surface area contributed by atoms with Gasteiger partial charge in [0.2, 0.25) is 0 Å². The SMILES string of the molecule is COC(=O)c1ccc(COP(=O)(OC(C)(C)C)OC(C)(C)C)cn1. The summed E-state index contributed by atoms with van der Waals surface area (Å²) in [5.41, 5.74) is -0.596. The lowest BCUT2D eigenvalue weighted by Gasteiger charge is -2.30. The maximum atomic E-state index is 12.9. The number of hydrogen-bond donors (Lipinski definition) is 0. The molecule has 0 aromatic carbocycles. The van der Waals surface area contributed by atoms with Gasteiger partial charge in [-0.25, -0.2) is 14.3 Å². The van der Waals surface area contributed by atoms with Gasteiger partial charge in [0.1, 0.15) is 5.69 Å². The van der Waals surface area contributed by atoms with E-state index < -0.39 is 25.0 Å². The summed E-state index contributed by atoms with van der Waals surface area (Å²) in [7, 11) is -2.50. The Morgan fingerprint density at radius 1 is 1.08 bits per heavy atom. The largest absolute Gasteiger partial charge is 0.476 e. The third-order valence-corrected chi connectivity index (χ3v) is 4.37. The van der Waals surface area contributed by atoms with E-state index >= 15 is 0 Å². The zero-order valence-corrected chi connectivity index (χ0v) is 16.2. The molecule has 1 aromatic rings. The van der Waals surface area contributed by atoms with Crippen LogP contribution in [0.2, 0.25) is 0 Å². The minimum atomic E-state index is -3.78. The van der Waals surface area contributed by atoms with Crippen LogP contribution >= 0.6 is 7.82 Å². The lowest BCUT2D eigenvalue weighted by atomic mass is 10.2. The number of aromatic nitrogens is 1. The molecule has 1 aromatic heterocycles. The second-order valence-electron chi connectivity index (χ2n) is 7.17. The summed E-state index contributed by atoms with van der Waals surface area (Å²) in [6.45, 7) is 10.6. The number of ether oxygens (including phenoxy) is 1. The Balaban J connectivity index is 2.84. The normalized spacial score (nSPS) is 13.0. The number of carbonyl (C=O) groups excluding carboxylic acids is 1. The molecular formula is C16H26NO6P. The van der Waals surface area contributed by atoms with E-state index in [4.69, 9.17) is 13.6 Å². The van der Waals surface area contributed by atoms with Crippen molar-refractivity contribution >= 4 is 13.8 Å². The molecule has 7 nitrogen and oxygen atoms in total. The summed E-state index contributed by atoms with van der Waals surface area (Å²) in [6.07, 6.45) is 1.45. The molecule has 0 radical (unpaired) electrons. The van der Waals surface area contributed by atoms with Crippen LogP contribution in [0.3, 0.4) is 0 Å². The molecule has 0 unspecified atom stereocenters. The molecule has 136 valence electrons. The van der Waals surface area contributed by atoms with E-state index in [0.29, 0.717) is 5.56 Å². The van der Waals surface area contributed by atoms with Crippen LogP contribution in [-0.2, 0) is 29.5 Å². The summed E-state index contributed by atoms with van der Waals surface area (Å²) in [5, 5.41) is 0. The number of carbonyl (C=O) groups is 1. The first kappa shape index (κ1) is 20.8. The predicted octanol–water partition coefficient (Wildman–Crippen LogP) is 4.12. The van der Waals surface area contributed by atoms with Gasteiger partial charge in [0.15, 0.2) is 0 Å². The average Bonchev–Trinajstić information content (AvgIpc) is 2.41. The molecule has 0 saturated heterocycles. The topological polar surface area (TPSA) is 84.0 Å². The first-order chi connectivity index (χ1) is 10.8. The van der Waals surface area contributed by atoms with Gasteiger partial charge in [0.05, 0.1) is 24.9 Å². The van der Waals surface area contributed by atoms with Crippen LogP contribution in [-0.4, -0.2) is 29.3 Å². The Hall–Kier alpha value is -1.27. The van der Waals surface area contributed by atoms with Gasteiger partial charge in [-0.05, 0) is 53.2 Å². The summed E-state index contributed by atoms with van der Waals surface area (Å²) in [6, 6.07) is 3.14. The van der Waals surface area contributed by atoms with Gasteiger partial charge < -0.3 is 4.74 Å². The Labute approximate surface area is 143 Å². The van der Waals surface area contributed by atoms with Gasteiger partial charge in [-0.2, -0.15) is 0 Å². The van der Waals surface area contributed by atoms with Crippen LogP contribution in [0.1, 0.15) is 57.6 Å². The van der Waals surface area contributed by atoms with Gasteiger partial charge in [-0.15, -0.1) is 0 Å². The molecule has 0 amide bonds. The minimum Gasteiger partial charge on any atom is -0.464 e. The highest BCUT2D eigenvalue weighted by atomic mass is 31.2. The van der Waals surface area contributed by atoms with Crippen LogP contribution in [0.25, 0.3) is 0 Å². The minimum absolute atomic E-state index is 0.0299. The lowest BCUT2D eigenvalue weighted by molar-refractivity contribution is 0.000784. The highest BCUT2D eigenvalue weighted by Gasteiger charge is 2.37. The van der Waals surface area contributed by atoms with E-state index in [0.717, 1.165) is 0 Å². The van der Waals surface area contributed by atoms with Crippen molar-refractivity contribution in [3.05, 3.63) is 29.6 Å². The number of pyridine rings is 1. The first-order valence-corrected chi connectivity index (χ1v) is 8.99. The molecule has 1 heterocycles. The Kier molecular flexibility index (Phi) is 6.70. The molecule has 0 atom stereocenters. The summed E-state index contributed by atoms with van der Waals surface area (Å²) < 4.78 is 33.9. The highest BCUT2D eigenvalue weighted by molar-refractivity contribution is 7.48. The van der Waals surface area contributed by atoms with Crippen LogP contribution in [0.5, 0.6) is 0 Å². The zero-order chi connectivity index (χ0) is 18.6. The summed E-state index contributed by atoms with van der Waals surface area (Å²) >= 11 is 0. The molecule has 0 aliphatic rings. The van der Waals surface area contributed by atoms with Crippen LogP contribution in [0.4, 0.5) is 0 Å². The van der Waals surface area contributed by atoms with Gasteiger partial charge in [-0.3, -0.25) is 13.6 Å². The van der Waals surface area contributed by atoms with E-state index in [1.165, 1.54) is 19.4 Å². The van der Waals surface area contributed by atoms with Crippen molar-refractivity contribution in [2.75, 3.05) is 7.11 Å². The summed E-state index contributed by atoms with van der Waals surface area (Å²) in [5.74, 6) is -0.528. The quantitative estimate of drug-likeness (QED) is 0.558. The van der Waals surface area contributed by atoms with Crippen molar-refractivity contribution in [3.63, 3.8) is 0 Å². The van der Waals surface area contributed by atoms with E-state index in [1.807, 2.05) is 0 Å². The fraction of sp³-hybridized carbons (Fsp3) is 0.625. The van der Waals surface area contributed by atoms with Crippen molar-refractivity contribution < 1.29 is 27.7 Å². The molecule has 0 N–H and O–H groups in total. The maximum Gasteiger partial charge on any atom is 0.476 e. The van der Waals surface area contributed by atoms with Gasteiger partial charge >= 0.3 is 13.8 Å². The Morgan fingerprint density at radius 3 is 2.00 bits per heavy atom. The average molecular weight is 359 g/mol. The number of phosphoric acid groups is 1. The van der Waals surface area contributed by atoms with E-state index in [9.17, 15) is 9.36 Å². The zero-order valence-electron chi connectivity index (χ0n) is 15.3. The van der Waals surface area contributed by atoms with Gasteiger partial charge in [0.25, 0.3) is 0 Å². The van der Waals surface area contributed by atoms with Crippen molar-refractivity contribution in [2.45, 2.75) is 59.4 Å². The number of phosphoric ester groups is 1. The van der Waals surface area contributed by atoms with Crippen LogP contribution in [0.15, 0.2) is 18.3 Å². The molecule has 0 bridgehead atoms. The molecule has 0 fully saturated rings. The number of methoxy groups -OCH3 is 1. The second-order valence-corrected chi connectivity index (χ2v) is 8.69. The smallest absolute Gasteiger partial charge is 0.464 e. The van der Waals surface area contributed by atoms with Crippen molar-refractivity contribution in [1.29, 1.82) is 0 Å². The molecule has 24 heavy (non-hydrogen) atoms. The lowest BCUT2D eigenvalue weighted by Crippen LogP contribution is -2.24. The molecule has 0 saturated carbocycles. The first-order valence-electron chi connectivity index (χ1n) is 7.53. The number of rotatable bonds is 6. The van der Waals surface area contributed by atoms with E-state index in [2.05, 4.69) is 9.72 Å². The fourth-order valence-corrected chi connectivity index (χ4v) is 3.42. The van der Waals surface area contributed by atoms with Crippen molar-refractivity contribution in [2.24, 2.45) is 0 Å². The molecule has 0 spiro atoms. The number of nitrogens with zero attached hydrogens (tertiary/aromatic N) is 1. The standard InChI is InChI=1S/C16H26NO6P/c1-15(2,3)22-24(19,23-16(4,5)6)21-11-12-8-9-13(17-10-12)14(18)20-7/h8-10H,11H2,1-7H3. The highest BCUT2D eigenvalue weighted by Crippen LogP contribution is 2.55. The van der Waals surface area contributed by atoms with Crippen LogP contribution in [0, 0.1) is 0 Å². The van der Waals surface area contributed by atoms with Gasteiger partial charge in [0, 0.05) is 6.20 Å². The molecule has 0 aliphatic carbocycles. The Bertz CT molecular complexity index is 580. The maximum absolute atomic E-state index is 12.9. The number of esters is 1. The van der Waals surface area contributed by atoms with Gasteiger partial charge in [-0.1, -0.05) is 6.07 Å². The predicted molar refractivity (Wildman–Crippen MR) is 89.6 cm³/mol. The summed E-state index contributed by atoms with van der Waals surface area (Å²) in [4.78, 5) is 15.3. The van der Waals surface area contributed by atoms with Crippen molar-refractivity contribution in [1.82, 2.24) is 4.98 Å². The molecular weight excluding hydrogens is 333 g/mol. The molecule has 8 heteroatoms. The van der Waals surface area contributed by atoms with Crippen LogP contribution < -0.4 is 0 Å². The van der Waals surface area contributed by atoms with E-state index in [-0.39, 0.29) is 12.3 Å². The molecule has 0 aliphatic heterocycles. The fourth-order valence-electron chi connectivity index (χ4n) is 1.63. The Morgan fingerprint density at radius 2 is 1.62 bits per heavy atom. The van der Waals surface area contributed by atoms with Crippen molar-refractivity contribution in [3.8, 4) is 0 Å². The second kappa shape index (κ2) is 7.74. The number of hydrogen-bond acceptors (Lipinski definition) is 7.